The van der Waals surface area contributed by atoms with Crippen LogP contribution in [-0.2, 0) is 9.47 Å². The highest BCUT2D eigenvalue weighted by Crippen LogP contribution is 2.19. The summed E-state index contributed by atoms with van der Waals surface area (Å²) in [6.07, 6.45) is 9.67. The van der Waals surface area contributed by atoms with Gasteiger partial charge in [-0.1, -0.05) is 19.3 Å². The molecule has 100 valence electrons. The van der Waals surface area contributed by atoms with E-state index in [1.54, 1.807) is 0 Å². The molecule has 17 heavy (non-hydrogen) atoms. The van der Waals surface area contributed by atoms with Gasteiger partial charge in [-0.25, -0.2) is 0 Å². The van der Waals surface area contributed by atoms with Crippen LogP contribution in [0.25, 0.3) is 0 Å². The van der Waals surface area contributed by atoms with Crippen molar-refractivity contribution >= 4 is 0 Å². The fourth-order valence-electron chi connectivity index (χ4n) is 2.79. The van der Waals surface area contributed by atoms with Crippen molar-refractivity contribution in [1.29, 1.82) is 0 Å². The molecule has 0 aromatic rings. The molecular formula is C14H27NO2. The van der Waals surface area contributed by atoms with E-state index in [4.69, 9.17) is 9.47 Å². The van der Waals surface area contributed by atoms with Crippen molar-refractivity contribution in [3.63, 3.8) is 0 Å². The Morgan fingerprint density at radius 2 is 1.76 bits per heavy atom. The summed E-state index contributed by atoms with van der Waals surface area (Å²) in [7, 11) is 0. The highest BCUT2D eigenvalue weighted by atomic mass is 16.5. The van der Waals surface area contributed by atoms with Crippen LogP contribution >= 0.6 is 0 Å². The number of hydrogen-bond donors (Lipinski definition) is 1. The van der Waals surface area contributed by atoms with E-state index >= 15 is 0 Å². The summed E-state index contributed by atoms with van der Waals surface area (Å²) in [5.41, 5.74) is 0. The Bertz CT molecular complexity index is 167. The molecule has 0 aromatic heterocycles. The Morgan fingerprint density at radius 1 is 1.00 bits per heavy atom. The van der Waals surface area contributed by atoms with Gasteiger partial charge in [0, 0.05) is 19.8 Å². The average molecular weight is 241 g/mol. The van der Waals surface area contributed by atoms with Crippen LogP contribution in [0.15, 0.2) is 0 Å². The van der Waals surface area contributed by atoms with Gasteiger partial charge in [0.25, 0.3) is 0 Å². The SMILES string of the molecule is C1CCC(OCCNCC2CCOCC2)CC1. The van der Waals surface area contributed by atoms with Crippen molar-refractivity contribution in [3.05, 3.63) is 0 Å². The Kier molecular flexibility index (Phi) is 6.32. The molecule has 0 bridgehead atoms. The predicted octanol–water partition coefficient (Wildman–Crippen LogP) is 2.35. The van der Waals surface area contributed by atoms with Crippen LogP contribution < -0.4 is 5.32 Å². The maximum atomic E-state index is 5.89. The molecule has 0 aromatic carbocycles. The van der Waals surface area contributed by atoms with Gasteiger partial charge in [-0.15, -0.1) is 0 Å². The molecule has 2 rings (SSSR count). The predicted molar refractivity (Wildman–Crippen MR) is 69.2 cm³/mol. The fraction of sp³-hybridized carbons (Fsp3) is 1.00. The quantitative estimate of drug-likeness (QED) is 0.724. The van der Waals surface area contributed by atoms with Crippen molar-refractivity contribution in [2.24, 2.45) is 5.92 Å². The van der Waals surface area contributed by atoms with Crippen molar-refractivity contribution in [2.75, 3.05) is 32.9 Å². The van der Waals surface area contributed by atoms with E-state index in [9.17, 15) is 0 Å². The molecule has 2 aliphatic rings. The van der Waals surface area contributed by atoms with E-state index < -0.39 is 0 Å². The first kappa shape index (κ1) is 13.3. The van der Waals surface area contributed by atoms with Crippen LogP contribution in [0.5, 0.6) is 0 Å². The number of rotatable bonds is 6. The monoisotopic (exact) mass is 241 g/mol. The smallest absolute Gasteiger partial charge is 0.0594 e. The van der Waals surface area contributed by atoms with Crippen LogP contribution in [0.4, 0.5) is 0 Å². The molecule has 0 spiro atoms. The van der Waals surface area contributed by atoms with Crippen molar-refractivity contribution in [1.82, 2.24) is 5.32 Å². The van der Waals surface area contributed by atoms with Crippen LogP contribution in [-0.4, -0.2) is 39.0 Å². The van der Waals surface area contributed by atoms with Crippen LogP contribution in [0, 0.1) is 5.92 Å². The molecule has 0 atom stereocenters. The van der Waals surface area contributed by atoms with Gasteiger partial charge in [0.05, 0.1) is 12.7 Å². The van der Waals surface area contributed by atoms with Crippen LogP contribution in [0.1, 0.15) is 44.9 Å². The van der Waals surface area contributed by atoms with E-state index in [0.717, 1.165) is 38.8 Å². The average Bonchev–Trinajstić information content (AvgIpc) is 2.41. The summed E-state index contributed by atoms with van der Waals surface area (Å²) in [4.78, 5) is 0. The Morgan fingerprint density at radius 3 is 2.53 bits per heavy atom. The maximum absolute atomic E-state index is 5.89. The molecule has 0 radical (unpaired) electrons. The lowest BCUT2D eigenvalue weighted by Gasteiger charge is -2.24. The summed E-state index contributed by atoms with van der Waals surface area (Å²) in [6, 6.07) is 0. The molecule has 1 heterocycles. The Balaban J connectivity index is 1.42. The largest absolute Gasteiger partial charge is 0.381 e. The molecule has 1 aliphatic heterocycles. The highest BCUT2D eigenvalue weighted by molar-refractivity contribution is 4.67. The summed E-state index contributed by atoms with van der Waals surface area (Å²) in [5.74, 6) is 0.818. The Hall–Kier alpha value is -0.120. The van der Waals surface area contributed by atoms with Crippen molar-refractivity contribution < 1.29 is 9.47 Å². The molecule has 0 unspecified atom stereocenters. The van der Waals surface area contributed by atoms with Crippen molar-refractivity contribution in [3.8, 4) is 0 Å². The fourth-order valence-corrected chi connectivity index (χ4v) is 2.79. The molecule has 3 nitrogen and oxygen atoms in total. The minimum atomic E-state index is 0.550. The first-order valence-corrected chi connectivity index (χ1v) is 7.35. The normalized spacial score (nSPS) is 24.0. The lowest BCUT2D eigenvalue weighted by Crippen LogP contribution is -2.31. The first-order chi connectivity index (χ1) is 8.45. The lowest BCUT2D eigenvalue weighted by molar-refractivity contribution is 0.0286. The Labute approximate surface area is 105 Å². The zero-order valence-corrected chi connectivity index (χ0v) is 11.0. The summed E-state index contributed by atoms with van der Waals surface area (Å²) in [6.45, 7) is 4.93. The standard InChI is InChI=1S/C14H27NO2/c1-2-4-14(5-3-1)17-11-8-15-12-13-6-9-16-10-7-13/h13-15H,1-12H2. The minimum absolute atomic E-state index is 0.550. The van der Waals surface area contributed by atoms with Gasteiger partial charge >= 0.3 is 0 Å². The van der Waals surface area contributed by atoms with Gasteiger partial charge in [-0.3, -0.25) is 0 Å². The molecular weight excluding hydrogens is 214 g/mol. The van der Waals surface area contributed by atoms with Gasteiger partial charge in [0.2, 0.25) is 0 Å². The molecule has 1 N–H and O–H groups in total. The van der Waals surface area contributed by atoms with Gasteiger partial charge in [0.1, 0.15) is 0 Å². The van der Waals surface area contributed by atoms with Crippen LogP contribution in [0.2, 0.25) is 0 Å². The van der Waals surface area contributed by atoms with E-state index in [1.165, 1.54) is 44.9 Å². The van der Waals surface area contributed by atoms with Gasteiger partial charge < -0.3 is 14.8 Å². The number of nitrogens with one attached hydrogen (secondary N) is 1. The molecule has 0 amide bonds. The minimum Gasteiger partial charge on any atom is -0.381 e. The number of hydrogen-bond acceptors (Lipinski definition) is 3. The second-order valence-corrected chi connectivity index (χ2v) is 5.39. The van der Waals surface area contributed by atoms with E-state index in [-0.39, 0.29) is 0 Å². The van der Waals surface area contributed by atoms with Crippen molar-refractivity contribution in [2.45, 2.75) is 51.0 Å². The van der Waals surface area contributed by atoms with E-state index in [2.05, 4.69) is 5.32 Å². The van der Waals surface area contributed by atoms with Gasteiger partial charge in [-0.2, -0.15) is 0 Å². The molecule has 3 heteroatoms. The molecule has 1 saturated carbocycles. The van der Waals surface area contributed by atoms with Crippen LogP contribution in [0.3, 0.4) is 0 Å². The highest BCUT2D eigenvalue weighted by Gasteiger charge is 2.14. The van der Waals surface area contributed by atoms with E-state index in [1.807, 2.05) is 0 Å². The van der Waals surface area contributed by atoms with E-state index in [0.29, 0.717) is 6.10 Å². The molecule has 1 saturated heterocycles. The second-order valence-electron chi connectivity index (χ2n) is 5.39. The first-order valence-electron chi connectivity index (χ1n) is 7.35. The van der Waals surface area contributed by atoms with Gasteiger partial charge in [-0.05, 0) is 38.1 Å². The molecule has 1 aliphatic carbocycles. The summed E-state index contributed by atoms with van der Waals surface area (Å²) < 4.78 is 11.2. The third-order valence-electron chi connectivity index (χ3n) is 3.96. The topological polar surface area (TPSA) is 30.5 Å². The molecule has 2 fully saturated rings. The third-order valence-corrected chi connectivity index (χ3v) is 3.96. The maximum Gasteiger partial charge on any atom is 0.0594 e. The second kappa shape index (κ2) is 8.06. The summed E-state index contributed by atoms with van der Waals surface area (Å²) >= 11 is 0. The zero-order chi connectivity index (χ0) is 11.8. The van der Waals surface area contributed by atoms with Gasteiger partial charge in [0.15, 0.2) is 0 Å². The third kappa shape index (κ3) is 5.36. The lowest BCUT2D eigenvalue weighted by atomic mass is 9.98. The zero-order valence-electron chi connectivity index (χ0n) is 11.0. The number of ether oxygens (including phenoxy) is 2. The summed E-state index contributed by atoms with van der Waals surface area (Å²) in [5, 5.41) is 3.51.